The lowest BCUT2D eigenvalue weighted by Crippen LogP contribution is -2.44. The summed E-state index contributed by atoms with van der Waals surface area (Å²) >= 11 is 0. The average molecular weight is 304 g/mol. The standard InChI is InChI=1S/C17H24N2O3/c1-3-22-17(21)14-9-11-19(12-10-14)16(20)13-18(2)15-7-5-4-6-8-15/h4-8,14H,3,9-13H2,1-2H3. The van der Waals surface area contributed by atoms with Crippen molar-refractivity contribution in [2.24, 2.45) is 5.92 Å². The summed E-state index contributed by atoms with van der Waals surface area (Å²) in [6, 6.07) is 9.85. The SMILES string of the molecule is CCOC(=O)C1CCN(C(=O)CN(C)c2ccccc2)CC1. The monoisotopic (exact) mass is 304 g/mol. The molecule has 1 aliphatic heterocycles. The number of benzene rings is 1. The van der Waals surface area contributed by atoms with Crippen molar-refractivity contribution in [2.75, 3.05) is 38.2 Å². The molecule has 1 fully saturated rings. The molecule has 120 valence electrons. The van der Waals surface area contributed by atoms with Gasteiger partial charge in [-0.15, -0.1) is 0 Å². The number of para-hydroxylation sites is 1. The number of amides is 1. The van der Waals surface area contributed by atoms with Gasteiger partial charge in [-0.3, -0.25) is 9.59 Å². The Labute approximate surface area is 131 Å². The summed E-state index contributed by atoms with van der Waals surface area (Å²) in [7, 11) is 1.92. The van der Waals surface area contributed by atoms with Gasteiger partial charge in [0.2, 0.25) is 5.91 Å². The second kappa shape index (κ2) is 7.82. The Hall–Kier alpha value is -2.04. The summed E-state index contributed by atoms with van der Waals surface area (Å²) in [6.45, 7) is 3.85. The van der Waals surface area contributed by atoms with Gasteiger partial charge in [0.05, 0.1) is 19.1 Å². The maximum Gasteiger partial charge on any atom is 0.309 e. The van der Waals surface area contributed by atoms with Crippen molar-refractivity contribution < 1.29 is 14.3 Å². The van der Waals surface area contributed by atoms with E-state index >= 15 is 0 Å². The van der Waals surface area contributed by atoms with E-state index in [4.69, 9.17) is 4.74 Å². The van der Waals surface area contributed by atoms with Crippen LogP contribution in [-0.2, 0) is 14.3 Å². The largest absolute Gasteiger partial charge is 0.466 e. The molecule has 0 aliphatic carbocycles. The average Bonchev–Trinajstić information content (AvgIpc) is 2.56. The van der Waals surface area contributed by atoms with Gasteiger partial charge in [0.15, 0.2) is 0 Å². The highest BCUT2D eigenvalue weighted by molar-refractivity contribution is 5.82. The van der Waals surface area contributed by atoms with Gasteiger partial charge in [-0.05, 0) is 31.9 Å². The highest BCUT2D eigenvalue weighted by Crippen LogP contribution is 2.19. The second-order valence-corrected chi connectivity index (χ2v) is 5.60. The topological polar surface area (TPSA) is 49.9 Å². The molecule has 0 unspecified atom stereocenters. The smallest absolute Gasteiger partial charge is 0.309 e. The van der Waals surface area contributed by atoms with Crippen molar-refractivity contribution in [1.82, 2.24) is 4.90 Å². The molecule has 1 saturated heterocycles. The minimum atomic E-state index is -0.129. The predicted octanol–water partition coefficient (Wildman–Crippen LogP) is 1.92. The van der Waals surface area contributed by atoms with Crippen LogP contribution in [0.5, 0.6) is 0 Å². The fourth-order valence-corrected chi connectivity index (χ4v) is 2.70. The number of esters is 1. The number of ether oxygens (including phenoxy) is 1. The molecule has 1 aliphatic rings. The number of hydrogen-bond acceptors (Lipinski definition) is 4. The van der Waals surface area contributed by atoms with Crippen LogP contribution in [0, 0.1) is 5.92 Å². The number of carbonyl (C=O) groups is 2. The summed E-state index contributed by atoms with van der Waals surface area (Å²) in [5, 5.41) is 0. The third-order valence-corrected chi connectivity index (χ3v) is 4.04. The summed E-state index contributed by atoms with van der Waals surface area (Å²) in [4.78, 5) is 27.8. The Morgan fingerprint density at radius 3 is 2.45 bits per heavy atom. The van der Waals surface area contributed by atoms with Crippen molar-refractivity contribution in [1.29, 1.82) is 0 Å². The molecule has 1 aromatic carbocycles. The molecule has 0 N–H and O–H groups in total. The van der Waals surface area contributed by atoms with Crippen molar-refractivity contribution >= 4 is 17.6 Å². The van der Waals surface area contributed by atoms with Crippen molar-refractivity contribution in [3.63, 3.8) is 0 Å². The Bertz CT molecular complexity index is 496. The molecule has 0 radical (unpaired) electrons. The molecule has 0 atom stereocenters. The minimum absolute atomic E-state index is 0.0594. The van der Waals surface area contributed by atoms with Crippen LogP contribution >= 0.6 is 0 Å². The molecule has 0 bridgehead atoms. The van der Waals surface area contributed by atoms with E-state index in [1.165, 1.54) is 0 Å². The van der Waals surface area contributed by atoms with Crippen molar-refractivity contribution in [3.8, 4) is 0 Å². The summed E-state index contributed by atoms with van der Waals surface area (Å²) in [5.41, 5.74) is 1.03. The molecule has 5 heteroatoms. The van der Waals surface area contributed by atoms with Crippen LogP contribution in [-0.4, -0.2) is 50.1 Å². The Kier molecular flexibility index (Phi) is 5.81. The molecule has 1 amide bonds. The van der Waals surface area contributed by atoms with Crippen molar-refractivity contribution in [3.05, 3.63) is 30.3 Å². The van der Waals surface area contributed by atoms with E-state index in [1.54, 1.807) is 0 Å². The number of nitrogens with zero attached hydrogens (tertiary/aromatic N) is 2. The lowest BCUT2D eigenvalue weighted by atomic mass is 9.97. The Balaban J connectivity index is 1.81. The first-order valence-corrected chi connectivity index (χ1v) is 7.82. The van der Waals surface area contributed by atoms with Gasteiger partial charge in [-0.25, -0.2) is 0 Å². The minimum Gasteiger partial charge on any atom is -0.466 e. The number of carbonyl (C=O) groups excluding carboxylic acids is 2. The van der Waals surface area contributed by atoms with E-state index in [-0.39, 0.29) is 17.8 Å². The molecule has 1 heterocycles. The number of rotatable bonds is 5. The first-order chi connectivity index (χ1) is 10.6. The summed E-state index contributed by atoms with van der Waals surface area (Å²) in [5.74, 6) is -0.0829. The number of hydrogen-bond donors (Lipinski definition) is 0. The lowest BCUT2D eigenvalue weighted by Gasteiger charge is -2.32. The highest BCUT2D eigenvalue weighted by Gasteiger charge is 2.28. The lowest BCUT2D eigenvalue weighted by molar-refractivity contribution is -0.151. The summed E-state index contributed by atoms with van der Waals surface area (Å²) < 4.78 is 5.05. The van der Waals surface area contributed by atoms with Crippen LogP contribution in [0.3, 0.4) is 0 Å². The molecule has 0 saturated carbocycles. The molecule has 0 aromatic heterocycles. The zero-order valence-electron chi connectivity index (χ0n) is 13.3. The van der Waals surface area contributed by atoms with E-state index in [0.717, 1.165) is 5.69 Å². The molecule has 2 rings (SSSR count). The third-order valence-electron chi connectivity index (χ3n) is 4.04. The first kappa shape index (κ1) is 16.3. The second-order valence-electron chi connectivity index (χ2n) is 5.60. The van der Waals surface area contributed by atoms with Gasteiger partial charge < -0.3 is 14.5 Å². The van der Waals surface area contributed by atoms with Gasteiger partial charge in [-0.1, -0.05) is 18.2 Å². The maximum atomic E-state index is 12.4. The van der Waals surface area contributed by atoms with Crippen LogP contribution in [0.4, 0.5) is 5.69 Å². The van der Waals surface area contributed by atoms with E-state index in [0.29, 0.717) is 39.1 Å². The highest BCUT2D eigenvalue weighted by atomic mass is 16.5. The van der Waals surface area contributed by atoms with Gasteiger partial charge >= 0.3 is 5.97 Å². The molecule has 0 spiro atoms. The number of piperidine rings is 1. The molecule has 22 heavy (non-hydrogen) atoms. The van der Waals surface area contributed by atoms with Crippen molar-refractivity contribution in [2.45, 2.75) is 19.8 Å². The zero-order valence-corrected chi connectivity index (χ0v) is 13.3. The van der Waals surface area contributed by atoms with Gasteiger partial charge in [0.1, 0.15) is 0 Å². The van der Waals surface area contributed by atoms with E-state index in [1.807, 2.05) is 54.1 Å². The zero-order chi connectivity index (χ0) is 15.9. The number of anilines is 1. The van der Waals surface area contributed by atoms with Gasteiger partial charge in [-0.2, -0.15) is 0 Å². The molecule has 1 aromatic rings. The van der Waals surface area contributed by atoms with E-state index < -0.39 is 0 Å². The molecule has 5 nitrogen and oxygen atoms in total. The Morgan fingerprint density at radius 2 is 1.86 bits per heavy atom. The van der Waals surface area contributed by atoms with Crippen LogP contribution in [0.2, 0.25) is 0 Å². The fraction of sp³-hybridized carbons (Fsp3) is 0.529. The van der Waals surface area contributed by atoms with E-state index in [9.17, 15) is 9.59 Å². The quantitative estimate of drug-likeness (QED) is 0.780. The Morgan fingerprint density at radius 1 is 1.23 bits per heavy atom. The first-order valence-electron chi connectivity index (χ1n) is 7.82. The van der Waals surface area contributed by atoms with Crippen LogP contribution in [0.1, 0.15) is 19.8 Å². The van der Waals surface area contributed by atoms with Gasteiger partial charge in [0.25, 0.3) is 0 Å². The third kappa shape index (κ3) is 4.23. The van der Waals surface area contributed by atoms with Gasteiger partial charge in [0, 0.05) is 25.8 Å². The number of likely N-dealkylation sites (N-methyl/N-ethyl adjacent to an activating group) is 1. The molecular weight excluding hydrogens is 280 g/mol. The maximum absolute atomic E-state index is 12.4. The molecular formula is C17H24N2O3. The van der Waals surface area contributed by atoms with Crippen LogP contribution in [0.25, 0.3) is 0 Å². The number of likely N-dealkylation sites (tertiary alicyclic amines) is 1. The van der Waals surface area contributed by atoms with Crippen LogP contribution < -0.4 is 4.90 Å². The predicted molar refractivity (Wildman–Crippen MR) is 85.6 cm³/mol. The normalized spacial score (nSPS) is 15.5. The van der Waals surface area contributed by atoms with E-state index in [2.05, 4.69) is 0 Å². The summed E-state index contributed by atoms with van der Waals surface area (Å²) in [6.07, 6.45) is 1.39. The van der Waals surface area contributed by atoms with Crippen LogP contribution in [0.15, 0.2) is 30.3 Å². The fourth-order valence-electron chi connectivity index (χ4n) is 2.70.